The Labute approximate surface area is 170 Å². The van der Waals surface area contributed by atoms with Crippen molar-refractivity contribution < 1.29 is 4.79 Å². The molecular formula is C24H50N2O. The zero-order chi connectivity index (χ0) is 20.0. The van der Waals surface area contributed by atoms with Crippen molar-refractivity contribution in [2.24, 2.45) is 0 Å². The predicted molar refractivity (Wildman–Crippen MR) is 120 cm³/mol. The van der Waals surface area contributed by atoms with Crippen LogP contribution in [-0.2, 0) is 4.79 Å². The standard InChI is InChI=1S/C24H50N2O/c1-4-7-8-9-10-11-12-13-14-15-16-17-18-19-20-21-24(27)26-23(6-3)25-22-5-2/h23,25H,4-22H2,1-3H3,(H,26,27). The van der Waals surface area contributed by atoms with E-state index in [1.807, 2.05) is 0 Å². The molecule has 0 saturated carbocycles. The first-order valence-electron chi connectivity index (χ1n) is 12.3. The van der Waals surface area contributed by atoms with Gasteiger partial charge in [-0.1, -0.05) is 111 Å². The van der Waals surface area contributed by atoms with Crippen molar-refractivity contribution in [3.63, 3.8) is 0 Å². The van der Waals surface area contributed by atoms with E-state index in [2.05, 4.69) is 31.4 Å². The van der Waals surface area contributed by atoms with Crippen molar-refractivity contribution in [1.82, 2.24) is 10.6 Å². The Bertz CT molecular complexity index is 307. The summed E-state index contributed by atoms with van der Waals surface area (Å²) in [5, 5.41) is 6.47. The summed E-state index contributed by atoms with van der Waals surface area (Å²) in [4.78, 5) is 12.0. The van der Waals surface area contributed by atoms with E-state index in [4.69, 9.17) is 0 Å². The van der Waals surface area contributed by atoms with Gasteiger partial charge in [0.2, 0.25) is 5.91 Å². The van der Waals surface area contributed by atoms with Crippen molar-refractivity contribution in [2.45, 2.75) is 143 Å². The van der Waals surface area contributed by atoms with Crippen molar-refractivity contribution >= 4 is 5.91 Å². The quantitative estimate of drug-likeness (QED) is 0.164. The van der Waals surface area contributed by atoms with Crippen LogP contribution in [0.3, 0.4) is 0 Å². The molecule has 0 spiro atoms. The highest BCUT2D eigenvalue weighted by Gasteiger charge is 2.08. The molecule has 3 nitrogen and oxygen atoms in total. The molecule has 0 saturated heterocycles. The largest absolute Gasteiger partial charge is 0.341 e. The molecule has 162 valence electrons. The second-order valence-corrected chi connectivity index (χ2v) is 8.18. The van der Waals surface area contributed by atoms with Crippen LogP contribution in [0.25, 0.3) is 0 Å². The number of unbranched alkanes of at least 4 members (excludes halogenated alkanes) is 14. The Hall–Kier alpha value is -0.570. The SMILES string of the molecule is CCCCCCCCCCCCCCCCCC(=O)NC(CC)NCCC. The Morgan fingerprint density at radius 1 is 0.630 bits per heavy atom. The van der Waals surface area contributed by atoms with Crippen molar-refractivity contribution in [1.29, 1.82) is 0 Å². The highest BCUT2D eigenvalue weighted by molar-refractivity contribution is 5.76. The minimum Gasteiger partial charge on any atom is -0.341 e. The van der Waals surface area contributed by atoms with Gasteiger partial charge in [0.25, 0.3) is 0 Å². The summed E-state index contributed by atoms with van der Waals surface area (Å²) in [7, 11) is 0. The average molecular weight is 383 g/mol. The van der Waals surface area contributed by atoms with Gasteiger partial charge in [0.15, 0.2) is 0 Å². The molecule has 0 aromatic carbocycles. The van der Waals surface area contributed by atoms with Crippen LogP contribution in [0.15, 0.2) is 0 Å². The lowest BCUT2D eigenvalue weighted by Gasteiger charge is -2.18. The molecule has 2 N–H and O–H groups in total. The lowest BCUT2D eigenvalue weighted by atomic mass is 10.0. The van der Waals surface area contributed by atoms with Crippen LogP contribution >= 0.6 is 0 Å². The van der Waals surface area contributed by atoms with Crippen LogP contribution in [0.2, 0.25) is 0 Å². The first-order valence-corrected chi connectivity index (χ1v) is 12.3. The van der Waals surface area contributed by atoms with E-state index in [1.54, 1.807) is 0 Å². The van der Waals surface area contributed by atoms with Gasteiger partial charge >= 0.3 is 0 Å². The van der Waals surface area contributed by atoms with Gasteiger partial charge in [0, 0.05) is 6.42 Å². The molecule has 1 unspecified atom stereocenters. The van der Waals surface area contributed by atoms with Crippen molar-refractivity contribution in [3.8, 4) is 0 Å². The van der Waals surface area contributed by atoms with Crippen LogP contribution in [0, 0.1) is 0 Å². The van der Waals surface area contributed by atoms with Crippen LogP contribution in [0.4, 0.5) is 0 Å². The molecule has 0 aliphatic heterocycles. The molecule has 27 heavy (non-hydrogen) atoms. The summed E-state index contributed by atoms with van der Waals surface area (Å²) in [6.45, 7) is 7.52. The Morgan fingerprint density at radius 2 is 1.07 bits per heavy atom. The molecule has 3 heteroatoms. The van der Waals surface area contributed by atoms with E-state index in [0.717, 1.165) is 25.8 Å². The predicted octanol–water partition coefficient (Wildman–Crippen LogP) is 7.10. The van der Waals surface area contributed by atoms with Gasteiger partial charge in [-0.3, -0.25) is 10.1 Å². The fourth-order valence-corrected chi connectivity index (χ4v) is 3.54. The smallest absolute Gasteiger partial charge is 0.221 e. The summed E-state index contributed by atoms with van der Waals surface area (Å²) in [5.74, 6) is 0.208. The maximum atomic E-state index is 12.0. The van der Waals surface area contributed by atoms with Gasteiger partial charge < -0.3 is 5.32 Å². The van der Waals surface area contributed by atoms with E-state index in [-0.39, 0.29) is 12.1 Å². The second-order valence-electron chi connectivity index (χ2n) is 8.18. The lowest BCUT2D eigenvalue weighted by molar-refractivity contribution is -0.122. The van der Waals surface area contributed by atoms with Gasteiger partial charge in [-0.2, -0.15) is 0 Å². The van der Waals surface area contributed by atoms with Crippen molar-refractivity contribution in [2.75, 3.05) is 6.54 Å². The van der Waals surface area contributed by atoms with Gasteiger partial charge in [-0.15, -0.1) is 0 Å². The molecule has 0 aliphatic rings. The van der Waals surface area contributed by atoms with Gasteiger partial charge in [-0.05, 0) is 25.8 Å². The molecule has 0 rings (SSSR count). The zero-order valence-electron chi connectivity index (χ0n) is 18.9. The number of carbonyl (C=O) groups excluding carboxylic acids is 1. The fourth-order valence-electron chi connectivity index (χ4n) is 3.54. The summed E-state index contributed by atoms with van der Waals surface area (Å²) in [5.41, 5.74) is 0. The molecule has 0 aromatic rings. The fraction of sp³-hybridized carbons (Fsp3) is 0.958. The summed E-state index contributed by atoms with van der Waals surface area (Å²) in [6.07, 6.45) is 23.3. The topological polar surface area (TPSA) is 41.1 Å². The van der Waals surface area contributed by atoms with Gasteiger partial charge in [0.1, 0.15) is 0 Å². The normalized spacial score (nSPS) is 12.3. The second kappa shape index (κ2) is 21.7. The van der Waals surface area contributed by atoms with Gasteiger partial charge in [0.05, 0.1) is 6.17 Å². The Balaban J connectivity index is 3.27. The number of rotatable bonds is 21. The number of carbonyl (C=O) groups is 1. The molecule has 0 radical (unpaired) electrons. The number of nitrogens with one attached hydrogen (secondary N) is 2. The third kappa shape index (κ3) is 20.0. The maximum Gasteiger partial charge on any atom is 0.221 e. The Kier molecular flexibility index (Phi) is 21.3. The monoisotopic (exact) mass is 382 g/mol. The number of amides is 1. The summed E-state index contributed by atoms with van der Waals surface area (Å²) < 4.78 is 0. The third-order valence-corrected chi connectivity index (χ3v) is 5.39. The molecule has 0 aromatic heterocycles. The molecule has 0 fully saturated rings. The van der Waals surface area contributed by atoms with Crippen LogP contribution < -0.4 is 10.6 Å². The van der Waals surface area contributed by atoms with E-state index in [0.29, 0.717) is 6.42 Å². The maximum absolute atomic E-state index is 12.0. The van der Waals surface area contributed by atoms with E-state index in [1.165, 1.54) is 89.9 Å². The first kappa shape index (κ1) is 26.4. The molecule has 0 heterocycles. The molecule has 0 aliphatic carbocycles. The molecular weight excluding hydrogens is 332 g/mol. The van der Waals surface area contributed by atoms with Crippen LogP contribution in [0.1, 0.15) is 136 Å². The summed E-state index contributed by atoms with van der Waals surface area (Å²) >= 11 is 0. The minimum atomic E-state index is 0.147. The third-order valence-electron chi connectivity index (χ3n) is 5.39. The highest BCUT2D eigenvalue weighted by atomic mass is 16.1. The van der Waals surface area contributed by atoms with Crippen LogP contribution in [-0.4, -0.2) is 18.6 Å². The zero-order valence-corrected chi connectivity index (χ0v) is 18.9. The molecule has 0 bridgehead atoms. The average Bonchev–Trinajstić information content (AvgIpc) is 2.68. The minimum absolute atomic E-state index is 0.147. The Morgan fingerprint density at radius 3 is 1.48 bits per heavy atom. The van der Waals surface area contributed by atoms with Crippen LogP contribution in [0.5, 0.6) is 0 Å². The van der Waals surface area contributed by atoms with E-state index < -0.39 is 0 Å². The number of hydrogen-bond acceptors (Lipinski definition) is 2. The van der Waals surface area contributed by atoms with E-state index in [9.17, 15) is 4.79 Å². The first-order chi connectivity index (χ1) is 13.2. The van der Waals surface area contributed by atoms with Crippen molar-refractivity contribution in [3.05, 3.63) is 0 Å². The van der Waals surface area contributed by atoms with Gasteiger partial charge in [-0.25, -0.2) is 0 Å². The van der Waals surface area contributed by atoms with E-state index >= 15 is 0 Å². The number of hydrogen-bond donors (Lipinski definition) is 2. The molecule has 1 atom stereocenters. The highest BCUT2D eigenvalue weighted by Crippen LogP contribution is 2.13. The molecule has 1 amide bonds. The lowest BCUT2D eigenvalue weighted by Crippen LogP contribution is -2.45. The summed E-state index contributed by atoms with van der Waals surface area (Å²) in [6, 6.07) is 0.